The smallest absolute Gasteiger partial charge is 0.307 e. The van der Waals surface area contributed by atoms with Crippen molar-refractivity contribution in [3.8, 4) is 5.75 Å². The van der Waals surface area contributed by atoms with Crippen molar-refractivity contribution in [3.63, 3.8) is 0 Å². The molecule has 1 aromatic carbocycles. The molecule has 1 atom stereocenters. The van der Waals surface area contributed by atoms with Crippen molar-refractivity contribution >= 4 is 16.9 Å². The molecule has 3 rings (SSSR count). The van der Waals surface area contributed by atoms with Gasteiger partial charge in [-0.25, -0.2) is 0 Å². The topological polar surface area (TPSA) is 78.1 Å². The predicted molar refractivity (Wildman–Crippen MR) is 82.6 cm³/mol. The number of rotatable bonds is 7. The first-order chi connectivity index (χ1) is 11.2. The number of aliphatic carboxylic acids is 1. The van der Waals surface area contributed by atoms with Crippen molar-refractivity contribution in [3.05, 3.63) is 30.0 Å². The quantitative estimate of drug-likeness (QED) is 0.790. The summed E-state index contributed by atoms with van der Waals surface area (Å²) < 4.78 is 22.3. The maximum Gasteiger partial charge on any atom is 0.307 e. The van der Waals surface area contributed by atoms with Gasteiger partial charge in [-0.1, -0.05) is 6.07 Å². The molecule has 0 bridgehead atoms. The minimum atomic E-state index is -0.891. The summed E-state index contributed by atoms with van der Waals surface area (Å²) in [4.78, 5) is 10.9. The van der Waals surface area contributed by atoms with E-state index in [1.54, 1.807) is 18.2 Å². The third kappa shape index (κ3) is 4.03. The number of carboxylic acids is 1. The van der Waals surface area contributed by atoms with Gasteiger partial charge in [0.25, 0.3) is 0 Å². The van der Waals surface area contributed by atoms with Gasteiger partial charge in [-0.2, -0.15) is 0 Å². The highest BCUT2D eigenvalue weighted by Crippen LogP contribution is 2.30. The molecule has 0 saturated carbocycles. The second-order valence-corrected chi connectivity index (χ2v) is 5.47. The van der Waals surface area contributed by atoms with E-state index in [1.165, 1.54) is 6.26 Å². The van der Waals surface area contributed by atoms with Crippen molar-refractivity contribution in [2.75, 3.05) is 19.8 Å². The number of carboxylic acid groups (broad SMARTS) is 1. The zero-order chi connectivity index (χ0) is 16.1. The van der Waals surface area contributed by atoms with Gasteiger partial charge in [0.2, 0.25) is 0 Å². The summed E-state index contributed by atoms with van der Waals surface area (Å²) in [5.74, 6) is -0.228. The van der Waals surface area contributed by atoms with Crippen LogP contribution in [0, 0.1) is 0 Å². The maximum atomic E-state index is 10.9. The fourth-order valence-electron chi connectivity index (χ4n) is 2.70. The van der Waals surface area contributed by atoms with E-state index in [0.717, 1.165) is 31.3 Å². The van der Waals surface area contributed by atoms with Crippen LogP contribution in [0.5, 0.6) is 5.75 Å². The Balaban J connectivity index is 1.57. The number of fused-ring (bicyclic) bond motifs is 1. The van der Waals surface area contributed by atoms with E-state index in [4.69, 9.17) is 23.7 Å². The van der Waals surface area contributed by atoms with E-state index in [2.05, 4.69) is 0 Å². The fourth-order valence-corrected chi connectivity index (χ4v) is 2.70. The Bertz CT molecular complexity index is 656. The predicted octanol–water partition coefficient (Wildman–Crippen LogP) is 2.98. The van der Waals surface area contributed by atoms with Crippen LogP contribution < -0.4 is 4.74 Å². The van der Waals surface area contributed by atoms with Crippen LogP contribution in [0.3, 0.4) is 0 Å². The van der Waals surface area contributed by atoms with Crippen molar-refractivity contribution in [1.29, 1.82) is 0 Å². The average Bonchev–Trinajstić information content (AvgIpc) is 3.04. The molecule has 1 saturated heterocycles. The summed E-state index contributed by atoms with van der Waals surface area (Å²) in [6, 6.07) is 5.27. The molecule has 6 nitrogen and oxygen atoms in total. The van der Waals surface area contributed by atoms with Gasteiger partial charge in [-0.3, -0.25) is 4.79 Å². The third-order valence-electron chi connectivity index (χ3n) is 3.78. The van der Waals surface area contributed by atoms with Crippen LogP contribution in [0.1, 0.15) is 24.8 Å². The van der Waals surface area contributed by atoms with Gasteiger partial charge in [-0.05, 0) is 31.4 Å². The third-order valence-corrected chi connectivity index (χ3v) is 3.78. The number of ether oxygens (including phenoxy) is 3. The van der Waals surface area contributed by atoms with Gasteiger partial charge in [-0.15, -0.1) is 0 Å². The number of hydrogen-bond donors (Lipinski definition) is 1. The van der Waals surface area contributed by atoms with Gasteiger partial charge < -0.3 is 23.7 Å². The largest absolute Gasteiger partial charge is 0.490 e. The minimum Gasteiger partial charge on any atom is -0.490 e. The lowest BCUT2D eigenvalue weighted by molar-refractivity contribution is -0.165. The summed E-state index contributed by atoms with van der Waals surface area (Å²) in [6.45, 7) is 1.60. The molecule has 1 fully saturated rings. The maximum absolute atomic E-state index is 10.9. The fraction of sp³-hybridized carbons (Fsp3) is 0.471. The lowest BCUT2D eigenvalue weighted by Gasteiger charge is -2.22. The second-order valence-electron chi connectivity index (χ2n) is 5.47. The van der Waals surface area contributed by atoms with E-state index < -0.39 is 5.97 Å². The first-order valence-corrected chi connectivity index (χ1v) is 7.81. The molecule has 1 aliphatic heterocycles. The molecule has 1 aromatic heterocycles. The number of benzene rings is 1. The molecular weight excluding hydrogens is 300 g/mol. The molecule has 1 N–H and O–H groups in total. The normalized spacial score (nSPS) is 18.2. The molecule has 1 aliphatic rings. The van der Waals surface area contributed by atoms with E-state index in [0.29, 0.717) is 30.1 Å². The molecule has 1 unspecified atom stereocenters. The van der Waals surface area contributed by atoms with Crippen LogP contribution in [0.4, 0.5) is 0 Å². The average molecular weight is 320 g/mol. The van der Waals surface area contributed by atoms with Gasteiger partial charge in [0, 0.05) is 12.2 Å². The van der Waals surface area contributed by atoms with Crippen molar-refractivity contribution in [1.82, 2.24) is 0 Å². The Labute approximate surface area is 133 Å². The number of carbonyl (C=O) groups is 1. The second kappa shape index (κ2) is 7.48. The first-order valence-electron chi connectivity index (χ1n) is 7.81. The molecule has 0 amide bonds. The summed E-state index contributed by atoms with van der Waals surface area (Å²) in [5, 5.41) is 9.70. The molecule has 0 aliphatic carbocycles. The van der Waals surface area contributed by atoms with E-state index in [9.17, 15) is 4.79 Å². The standard InChI is InChI=1S/C17H20O6/c18-15(19)11-12-4-5-14(13-6-8-23-17(12)13)20-9-10-22-16-3-1-2-7-21-16/h4-6,8,16H,1-3,7,9-11H2,(H,18,19). The zero-order valence-electron chi connectivity index (χ0n) is 12.8. The van der Waals surface area contributed by atoms with Crippen LogP contribution >= 0.6 is 0 Å². The van der Waals surface area contributed by atoms with Crippen LogP contribution in [-0.4, -0.2) is 37.2 Å². The first kappa shape index (κ1) is 15.8. The number of hydrogen-bond acceptors (Lipinski definition) is 5. The molecule has 0 radical (unpaired) electrons. The Morgan fingerprint density at radius 3 is 2.96 bits per heavy atom. The molecule has 2 aromatic rings. The summed E-state index contributed by atoms with van der Waals surface area (Å²) in [6.07, 6.45) is 4.49. The molecule has 124 valence electrons. The van der Waals surface area contributed by atoms with E-state index >= 15 is 0 Å². The van der Waals surface area contributed by atoms with Crippen LogP contribution in [0.25, 0.3) is 11.0 Å². The highest BCUT2D eigenvalue weighted by atomic mass is 16.7. The van der Waals surface area contributed by atoms with Crippen LogP contribution in [-0.2, 0) is 20.7 Å². The van der Waals surface area contributed by atoms with Crippen LogP contribution in [0.15, 0.2) is 28.9 Å². The highest BCUT2D eigenvalue weighted by molar-refractivity contribution is 5.89. The molecular formula is C17H20O6. The lowest BCUT2D eigenvalue weighted by atomic mass is 10.1. The molecule has 0 spiro atoms. The van der Waals surface area contributed by atoms with Crippen molar-refractivity contribution in [2.24, 2.45) is 0 Å². The van der Waals surface area contributed by atoms with E-state index in [-0.39, 0.29) is 12.7 Å². The summed E-state index contributed by atoms with van der Waals surface area (Å²) >= 11 is 0. The minimum absolute atomic E-state index is 0.0770. The SMILES string of the molecule is O=C(O)Cc1ccc(OCCOC2CCCCO2)c2ccoc12. The van der Waals surface area contributed by atoms with Crippen LogP contribution in [0.2, 0.25) is 0 Å². The zero-order valence-corrected chi connectivity index (χ0v) is 12.8. The van der Waals surface area contributed by atoms with E-state index in [1.807, 2.05) is 0 Å². The molecule has 23 heavy (non-hydrogen) atoms. The Hall–Kier alpha value is -2.05. The Morgan fingerprint density at radius 1 is 1.26 bits per heavy atom. The molecule has 6 heteroatoms. The van der Waals surface area contributed by atoms with Gasteiger partial charge in [0.15, 0.2) is 6.29 Å². The van der Waals surface area contributed by atoms with Crippen molar-refractivity contribution in [2.45, 2.75) is 32.0 Å². The Kier molecular flexibility index (Phi) is 5.15. The number of furan rings is 1. The van der Waals surface area contributed by atoms with Gasteiger partial charge >= 0.3 is 5.97 Å². The summed E-state index contributed by atoms with van der Waals surface area (Å²) in [7, 11) is 0. The van der Waals surface area contributed by atoms with Crippen molar-refractivity contribution < 1.29 is 28.5 Å². The van der Waals surface area contributed by atoms with Gasteiger partial charge in [0.1, 0.15) is 17.9 Å². The molecule has 2 heterocycles. The summed E-state index contributed by atoms with van der Waals surface area (Å²) in [5.41, 5.74) is 1.19. The Morgan fingerprint density at radius 2 is 2.17 bits per heavy atom. The highest BCUT2D eigenvalue weighted by Gasteiger charge is 2.15. The van der Waals surface area contributed by atoms with Gasteiger partial charge in [0.05, 0.1) is 24.7 Å². The monoisotopic (exact) mass is 320 g/mol. The lowest BCUT2D eigenvalue weighted by Crippen LogP contribution is -2.24.